The molecular weight excluding hydrogens is 184 g/mol. The van der Waals surface area contributed by atoms with Crippen LogP contribution in [0.4, 0.5) is 0 Å². The predicted molar refractivity (Wildman–Crippen MR) is 63.5 cm³/mol. The lowest BCUT2D eigenvalue weighted by atomic mass is 9.83. The van der Waals surface area contributed by atoms with Crippen LogP contribution in [0.1, 0.15) is 58.8 Å². The molecule has 1 aliphatic carbocycles. The van der Waals surface area contributed by atoms with Crippen LogP contribution in [0, 0.1) is 17.2 Å². The number of nitrogens with one attached hydrogen (secondary N) is 1. The van der Waals surface area contributed by atoms with Crippen LogP contribution in [0.3, 0.4) is 0 Å². The van der Waals surface area contributed by atoms with Crippen molar-refractivity contribution in [1.82, 2.24) is 5.32 Å². The second-order valence-corrected chi connectivity index (χ2v) is 4.76. The van der Waals surface area contributed by atoms with Crippen LogP contribution in [0.2, 0.25) is 0 Å². The summed E-state index contributed by atoms with van der Waals surface area (Å²) in [7, 11) is 0. The predicted octanol–water partition coefficient (Wildman–Crippen LogP) is 3.24. The summed E-state index contributed by atoms with van der Waals surface area (Å²) in [6.45, 7) is 4.34. The van der Waals surface area contributed by atoms with E-state index in [9.17, 15) is 0 Å². The smallest absolute Gasteiger partial charge is 0.0952 e. The van der Waals surface area contributed by atoms with E-state index in [1.54, 1.807) is 0 Å². The average Bonchev–Trinajstić information content (AvgIpc) is 2.28. The molecule has 1 unspecified atom stereocenters. The standard InChI is InChI=1S/C13H24N2/c1-3-5-11-6-8-13(9-7-11)15-12(4-2)10-14/h11-13,15H,3-9H2,1-2H3. The molecule has 86 valence electrons. The molecule has 1 atom stereocenters. The molecule has 0 bridgehead atoms. The maximum Gasteiger partial charge on any atom is 0.0952 e. The lowest BCUT2D eigenvalue weighted by Gasteiger charge is -2.30. The van der Waals surface area contributed by atoms with E-state index in [-0.39, 0.29) is 6.04 Å². The summed E-state index contributed by atoms with van der Waals surface area (Å²) in [5, 5.41) is 12.3. The maximum atomic E-state index is 8.88. The fourth-order valence-electron chi connectivity index (χ4n) is 2.56. The van der Waals surface area contributed by atoms with Crippen molar-refractivity contribution in [2.75, 3.05) is 0 Å². The molecule has 0 aromatic carbocycles. The summed E-state index contributed by atoms with van der Waals surface area (Å²) in [5.41, 5.74) is 0. The van der Waals surface area contributed by atoms with E-state index in [1.807, 2.05) is 0 Å². The fraction of sp³-hybridized carbons (Fsp3) is 0.923. The molecule has 2 nitrogen and oxygen atoms in total. The third-order valence-electron chi connectivity index (χ3n) is 3.54. The first-order valence-corrected chi connectivity index (χ1v) is 6.45. The Hall–Kier alpha value is -0.550. The van der Waals surface area contributed by atoms with E-state index >= 15 is 0 Å². The molecule has 1 rings (SSSR count). The highest BCUT2D eigenvalue weighted by Crippen LogP contribution is 2.27. The first-order chi connectivity index (χ1) is 7.30. The second-order valence-electron chi connectivity index (χ2n) is 4.76. The normalized spacial score (nSPS) is 28.3. The highest BCUT2D eigenvalue weighted by molar-refractivity contribution is 4.91. The third kappa shape index (κ3) is 4.22. The van der Waals surface area contributed by atoms with Crippen LogP contribution in [0.25, 0.3) is 0 Å². The maximum absolute atomic E-state index is 8.88. The minimum Gasteiger partial charge on any atom is -0.299 e. The van der Waals surface area contributed by atoms with Gasteiger partial charge in [-0.1, -0.05) is 26.7 Å². The quantitative estimate of drug-likeness (QED) is 0.753. The van der Waals surface area contributed by atoms with Gasteiger partial charge in [0.25, 0.3) is 0 Å². The molecule has 2 heteroatoms. The number of rotatable bonds is 5. The van der Waals surface area contributed by atoms with Crippen LogP contribution in [-0.4, -0.2) is 12.1 Å². The summed E-state index contributed by atoms with van der Waals surface area (Å²) >= 11 is 0. The van der Waals surface area contributed by atoms with Crippen molar-refractivity contribution >= 4 is 0 Å². The lowest BCUT2D eigenvalue weighted by molar-refractivity contribution is 0.270. The molecule has 1 aliphatic rings. The van der Waals surface area contributed by atoms with Crippen LogP contribution in [0.5, 0.6) is 0 Å². The van der Waals surface area contributed by atoms with Crippen LogP contribution in [-0.2, 0) is 0 Å². The Balaban J connectivity index is 2.22. The van der Waals surface area contributed by atoms with Crippen LogP contribution >= 0.6 is 0 Å². The largest absolute Gasteiger partial charge is 0.299 e. The first-order valence-electron chi connectivity index (χ1n) is 6.45. The molecule has 0 saturated heterocycles. The Morgan fingerprint density at radius 3 is 2.40 bits per heavy atom. The van der Waals surface area contributed by atoms with Crippen molar-refractivity contribution in [3.63, 3.8) is 0 Å². The van der Waals surface area contributed by atoms with Crippen molar-refractivity contribution in [2.45, 2.75) is 70.9 Å². The molecule has 1 saturated carbocycles. The molecule has 0 aromatic rings. The van der Waals surface area contributed by atoms with E-state index in [2.05, 4.69) is 25.2 Å². The second kappa shape index (κ2) is 6.85. The van der Waals surface area contributed by atoms with Crippen molar-refractivity contribution in [1.29, 1.82) is 5.26 Å². The van der Waals surface area contributed by atoms with Crippen molar-refractivity contribution in [3.05, 3.63) is 0 Å². The molecule has 0 spiro atoms. The topological polar surface area (TPSA) is 35.8 Å². The van der Waals surface area contributed by atoms with E-state index in [1.165, 1.54) is 38.5 Å². The zero-order valence-corrected chi connectivity index (χ0v) is 10.1. The zero-order chi connectivity index (χ0) is 11.1. The molecule has 0 aromatic heterocycles. The van der Waals surface area contributed by atoms with Gasteiger partial charge in [-0.15, -0.1) is 0 Å². The SMILES string of the molecule is CCCC1CCC(NC(C#N)CC)CC1. The summed E-state index contributed by atoms with van der Waals surface area (Å²) in [6, 6.07) is 2.99. The van der Waals surface area contributed by atoms with Crippen LogP contribution < -0.4 is 5.32 Å². The number of nitriles is 1. The summed E-state index contributed by atoms with van der Waals surface area (Å²) in [6.07, 6.45) is 8.87. The summed E-state index contributed by atoms with van der Waals surface area (Å²) in [5.74, 6) is 0.954. The molecule has 15 heavy (non-hydrogen) atoms. The van der Waals surface area contributed by atoms with Gasteiger partial charge in [0.05, 0.1) is 12.1 Å². The Morgan fingerprint density at radius 1 is 1.27 bits per heavy atom. The van der Waals surface area contributed by atoms with E-state index in [0.29, 0.717) is 6.04 Å². The van der Waals surface area contributed by atoms with Crippen molar-refractivity contribution in [3.8, 4) is 6.07 Å². The van der Waals surface area contributed by atoms with Gasteiger partial charge < -0.3 is 0 Å². The Kier molecular flexibility index (Phi) is 5.71. The van der Waals surface area contributed by atoms with Gasteiger partial charge in [-0.3, -0.25) is 5.32 Å². The average molecular weight is 208 g/mol. The van der Waals surface area contributed by atoms with Gasteiger partial charge in [-0.25, -0.2) is 0 Å². The van der Waals surface area contributed by atoms with Gasteiger partial charge in [-0.2, -0.15) is 5.26 Å². The summed E-state index contributed by atoms with van der Waals surface area (Å²) in [4.78, 5) is 0. The van der Waals surface area contributed by atoms with Gasteiger partial charge in [0, 0.05) is 6.04 Å². The Morgan fingerprint density at radius 2 is 1.93 bits per heavy atom. The minimum absolute atomic E-state index is 0.0673. The van der Waals surface area contributed by atoms with Gasteiger partial charge in [0.2, 0.25) is 0 Å². The Labute approximate surface area is 94.1 Å². The number of hydrogen-bond acceptors (Lipinski definition) is 2. The van der Waals surface area contributed by atoms with Crippen LogP contribution in [0.15, 0.2) is 0 Å². The highest BCUT2D eigenvalue weighted by Gasteiger charge is 2.21. The Bertz CT molecular complexity index is 199. The third-order valence-corrected chi connectivity index (χ3v) is 3.54. The van der Waals surface area contributed by atoms with Gasteiger partial charge in [-0.05, 0) is 38.0 Å². The van der Waals surface area contributed by atoms with Gasteiger partial charge in [0.1, 0.15) is 0 Å². The zero-order valence-electron chi connectivity index (χ0n) is 10.1. The number of nitrogens with zero attached hydrogens (tertiary/aromatic N) is 1. The number of hydrogen-bond donors (Lipinski definition) is 1. The molecular formula is C13H24N2. The van der Waals surface area contributed by atoms with E-state index < -0.39 is 0 Å². The van der Waals surface area contributed by atoms with Gasteiger partial charge >= 0.3 is 0 Å². The molecule has 0 aliphatic heterocycles. The van der Waals surface area contributed by atoms with E-state index in [4.69, 9.17) is 5.26 Å². The van der Waals surface area contributed by atoms with Gasteiger partial charge in [0.15, 0.2) is 0 Å². The molecule has 1 N–H and O–H groups in total. The van der Waals surface area contributed by atoms with Crippen molar-refractivity contribution in [2.24, 2.45) is 5.92 Å². The first kappa shape index (κ1) is 12.5. The molecule has 0 amide bonds. The van der Waals surface area contributed by atoms with E-state index in [0.717, 1.165) is 12.3 Å². The molecule has 1 fully saturated rings. The lowest BCUT2D eigenvalue weighted by Crippen LogP contribution is -2.39. The summed E-state index contributed by atoms with van der Waals surface area (Å²) < 4.78 is 0. The monoisotopic (exact) mass is 208 g/mol. The fourth-order valence-corrected chi connectivity index (χ4v) is 2.56. The minimum atomic E-state index is 0.0673. The van der Waals surface area contributed by atoms with Crippen molar-refractivity contribution < 1.29 is 0 Å². The molecule has 0 radical (unpaired) electrons. The molecule has 0 heterocycles. The highest BCUT2D eigenvalue weighted by atomic mass is 14.9.